The highest BCUT2D eigenvalue weighted by molar-refractivity contribution is 5.74. The number of aromatic amines is 1. The van der Waals surface area contributed by atoms with Crippen LogP contribution in [0.4, 0.5) is 0 Å². The van der Waals surface area contributed by atoms with Crippen molar-refractivity contribution in [1.29, 1.82) is 0 Å². The Kier molecular flexibility index (Phi) is 3.50. The molecule has 0 amide bonds. The van der Waals surface area contributed by atoms with Crippen LogP contribution in [0.2, 0.25) is 0 Å². The fourth-order valence-electron chi connectivity index (χ4n) is 2.62. The number of aliphatic hydroxyl groups excluding tert-OH is 1. The van der Waals surface area contributed by atoms with Crippen LogP contribution < -0.4 is 0 Å². The zero-order chi connectivity index (χ0) is 13.2. The summed E-state index contributed by atoms with van der Waals surface area (Å²) in [6.45, 7) is 4.68. The summed E-state index contributed by atoms with van der Waals surface area (Å²) in [5.74, 6) is 0.933. The second kappa shape index (κ2) is 5.28. The number of nitrogens with one attached hydrogen (secondary N) is 1. The molecule has 0 spiro atoms. The predicted octanol–water partition coefficient (Wildman–Crippen LogP) is 1.14. The Morgan fingerprint density at radius 1 is 1.42 bits per heavy atom. The van der Waals surface area contributed by atoms with E-state index in [1.54, 1.807) is 0 Å². The lowest BCUT2D eigenvalue weighted by Gasteiger charge is -2.27. The van der Waals surface area contributed by atoms with Crippen molar-refractivity contribution >= 4 is 11.0 Å². The van der Waals surface area contributed by atoms with E-state index in [4.69, 9.17) is 4.74 Å². The number of hydrogen-bond acceptors (Lipinski definition) is 4. The van der Waals surface area contributed by atoms with Crippen LogP contribution in [0.3, 0.4) is 0 Å². The van der Waals surface area contributed by atoms with Crippen molar-refractivity contribution in [3.63, 3.8) is 0 Å². The Labute approximate surface area is 112 Å². The van der Waals surface area contributed by atoms with E-state index >= 15 is 0 Å². The van der Waals surface area contributed by atoms with Crippen molar-refractivity contribution in [2.75, 3.05) is 19.8 Å². The number of fused-ring (bicyclic) bond motifs is 1. The van der Waals surface area contributed by atoms with Crippen molar-refractivity contribution in [3.8, 4) is 0 Å². The molecule has 19 heavy (non-hydrogen) atoms. The number of aromatic nitrogens is 2. The van der Waals surface area contributed by atoms with Gasteiger partial charge in [0.1, 0.15) is 5.82 Å². The maximum absolute atomic E-state index is 9.91. The zero-order valence-electron chi connectivity index (χ0n) is 11.0. The summed E-state index contributed by atoms with van der Waals surface area (Å²) in [6, 6.07) is 8.07. The molecular formula is C14H19N3O2. The van der Waals surface area contributed by atoms with Crippen LogP contribution in [-0.2, 0) is 11.3 Å². The van der Waals surface area contributed by atoms with E-state index in [0.29, 0.717) is 19.8 Å². The number of hydrogen-bond donors (Lipinski definition) is 2. The molecular weight excluding hydrogens is 242 g/mol. The Morgan fingerprint density at radius 2 is 2.26 bits per heavy atom. The maximum Gasteiger partial charge on any atom is 0.121 e. The monoisotopic (exact) mass is 261 g/mol. The van der Waals surface area contributed by atoms with E-state index in [2.05, 4.69) is 21.8 Å². The van der Waals surface area contributed by atoms with Crippen LogP contribution in [-0.4, -0.2) is 51.9 Å². The van der Waals surface area contributed by atoms with Gasteiger partial charge in [-0.1, -0.05) is 19.1 Å². The number of nitrogens with zero attached hydrogens (tertiary/aromatic N) is 2. The lowest BCUT2D eigenvalue weighted by Crippen LogP contribution is -2.42. The van der Waals surface area contributed by atoms with Gasteiger partial charge in [0.25, 0.3) is 0 Å². The van der Waals surface area contributed by atoms with Gasteiger partial charge in [-0.05, 0) is 18.7 Å². The van der Waals surface area contributed by atoms with Gasteiger partial charge in [0.2, 0.25) is 0 Å². The van der Waals surface area contributed by atoms with Gasteiger partial charge in [-0.15, -0.1) is 0 Å². The second-order valence-corrected chi connectivity index (χ2v) is 4.94. The summed E-state index contributed by atoms with van der Waals surface area (Å²) in [5.41, 5.74) is 2.04. The second-order valence-electron chi connectivity index (χ2n) is 4.94. The van der Waals surface area contributed by atoms with Gasteiger partial charge in [0.15, 0.2) is 0 Å². The summed E-state index contributed by atoms with van der Waals surface area (Å²) >= 11 is 0. The van der Waals surface area contributed by atoms with Crippen LogP contribution in [0, 0.1) is 0 Å². The first-order valence-electron chi connectivity index (χ1n) is 6.71. The van der Waals surface area contributed by atoms with Gasteiger partial charge in [-0.25, -0.2) is 4.98 Å². The van der Waals surface area contributed by atoms with Crippen LogP contribution >= 0.6 is 0 Å². The molecule has 3 rings (SSSR count). The molecule has 5 heteroatoms. The third-order valence-electron chi connectivity index (χ3n) is 3.69. The smallest absolute Gasteiger partial charge is 0.121 e. The molecule has 5 nitrogen and oxygen atoms in total. The standard InChI is InChI=1S/C14H19N3O2/c1-2-17(12-8-19-9-13(12)18)7-14-15-10-5-3-4-6-11(10)16-14/h3-6,12-13,18H,2,7-9H2,1H3,(H,15,16)/t12-,13-/m1/s1. The fraction of sp³-hybridized carbons (Fsp3) is 0.500. The van der Waals surface area contributed by atoms with Crippen LogP contribution in [0.1, 0.15) is 12.7 Å². The molecule has 1 aromatic carbocycles. The van der Waals surface area contributed by atoms with Crippen molar-refractivity contribution < 1.29 is 9.84 Å². The number of aliphatic hydroxyl groups is 1. The Hall–Kier alpha value is -1.43. The number of ether oxygens (including phenoxy) is 1. The van der Waals surface area contributed by atoms with Crippen LogP contribution in [0.15, 0.2) is 24.3 Å². The van der Waals surface area contributed by atoms with Crippen molar-refractivity contribution in [3.05, 3.63) is 30.1 Å². The highest BCUT2D eigenvalue weighted by Crippen LogP contribution is 2.17. The number of imidazole rings is 1. The quantitative estimate of drug-likeness (QED) is 0.866. The Bertz CT molecular complexity index is 521. The number of para-hydroxylation sites is 2. The van der Waals surface area contributed by atoms with E-state index < -0.39 is 6.10 Å². The van der Waals surface area contributed by atoms with E-state index in [0.717, 1.165) is 23.4 Å². The van der Waals surface area contributed by atoms with Crippen LogP contribution in [0.25, 0.3) is 11.0 Å². The minimum absolute atomic E-state index is 0.0678. The van der Waals surface area contributed by atoms with Crippen molar-refractivity contribution in [2.45, 2.75) is 25.6 Å². The van der Waals surface area contributed by atoms with Gasteiger partial charge in [-0.2, -0.15) is 0 Å². The molecule has 2 atom stereocenters. The molecule has 2 N–H and O–H groups in total. The SMILES string of the molecule is CCN(Cc1nc2ccccc2[nH]1)[C@@H]1COC[C@H]1O. The molecule has 1 saturated heterocycles. The first kappa shape index (κ1) is 12.6. The number of H-pyrrole nitrogens is 1. The van der Waals surface area contributed by atoms with Crippen LogP contribution in [0.5, 0.6) is 0 Å². The van der Waals surface area contributed by atoms with E-state index in [-0.39, 0.29) is 6.04 Å². The first-order valence-corrected chi connectivity index (χ1v) is 6.71. The normalized spacial score (nSPS) is 23.5. The first-order chi connectivity index (χ1) is 9.28. The lowest BCUT2D eigenvalue weighted by molar-refractivity contribution is 0.0795. The lowest BCUT2D eigenvalue weighted by atomic mass is 10.2. The number of rotatable bonds is 4. The summed E-state index contributed by atoms with van der Waals surface area (Å²) in [6.07, 6.45) is -0.399. The summed E-state index contributed by atoms with van der Waals surface area (Å²) in [5, 5.41) is 9.91. The molecule has 1 aliphatic heterocycles. The fourth-order valence-corrected chi connectivity index (χ4v) is 2.62. The zero-order valence-corrected chi connectivity index (χ0v) is 11.0. The molecule has 0 aliphatic carbocycles. The van der Waals surface area contributed by atoms with Gasteiger partial charge < -0.3 is 14.8 Å². The third kappa shape index (κ3) is 2.49. The molecule has 0 unspecified atom stereocenters. The van der Waals surface area contributed by atoms with Gasteiger partial charge in [-0.3, -0.25) is 4.90 Å². The molecule has 2 heterocycles. The molecule has 0 bridgehead atoms. The average molecular weight is 261 g/mol. The van der Waals surface area contributed by atoms with Crippen molar-refractivity contribution in [1.82, 2.24) is 14.9 Å². The summed E-state index contributed by atoms with van der Waals surface area (Å²) < 4.78 is 5.33. The van der Waals surface area contributed by atoms with Gasteiger partial charge in [0.05, 0.1) is 42.9 Å². The molecule has 2 aromatic rings. The highest BCUT2D eigenvalue weighted by Gasteiger charge is 2.31. The van der Waals surface area contributed by atoms with Gasteiger partial charge >= 0.3 is 0 Å². The average Bonchev–Trinajstić information content (AvgIpc) is 3.01. The van der Waals surface area contributed by atoms with Crippen molar-refractivity contribution in [2.24, 2.45) is 0 Å². The minimum Gasteiger partial charge on any atom is -0.389 e. The maximum atomic E-state index is 9.91. The Balaban J connectivity index is 1.78. The van der Waals surface area contributed by atoms with E-state index in [1.165, 1.54) is 0 Å². The third-order valence-corrected chi connectivity index (χ3v) is 3.69. The minimum atomic E-state index is -0.399. The van der Waals surface area contributed by atoms with Gasteiger partial charge in [0, 0.05) is 0 Å². The summed E-state index contributed by atoms with van der Waals surface area (Å²) in [7, 11) is 0. The topological polar surface area (TPSA) is 61.4 Å². The molecule has 0 radical (unpaired) electrons. The molecule has 1 fully saturated rings. The van der Waals surface area contributed by atoms with E-state index in [9.17, 15) is 5.11 Å². The summed E-state index contributed by atoms with van der Waals surface area (Å²) in [4.78, 5) is 10.1. The van der Waals surface area contributed by atoms with E-state index in [1.807, 2.05) is 24.3 Å². The number of likely N-dealkylation sites (N-methyl/N-ethyl adjacent to an activating group) is 1. The predicted molar refractivity (Wildman–Crippen MR) is 72.8 cm³/mol. The molecule has 0 saturated carbocycles. The Morgan fingerprint density at radius 3 is 2.95 bits per heavy atom. The molecule has 1 aliphatic rings. The highest BCUT2D eigenvalue weighted by atomic mass is 16.5. The molecule has 1 aromatic heterocycles. The largest absolute Gasteiger partial charge is 0.389 e. The number of benzene rings is 1. The molecule has 102 valence electrons.